The minimum Gasteiger partial charge on any atom is -0.390 e. The van der Waals surface area contributed by atoms with Crippen LogP contribution in [0.3, 0.4) is 0 Å². The monoisotopic (exact) mass is 1170 g/mol. The number of nitrogens with one attached hydrogen (secondary N) is 2. The number of hydrogen-bond acceptors (Lipinski definition) is 17. The fourth-order valence-corrected chi connectivity index (χ4v) is 14.3. The van der Waals surface area contributed by atoms with Gasteiger partial charge in [0.2, 0.25) is 0 Å². The smallest absolute Gasteiger partial charge is 0.330 e. The van der Waals surface area contributed by atoms with Gasteiger partial charge in [0.05, 0.1) is 57.6 Å². The van der Waals surface area contributed by atoms with Gasteiger partial charge >= 0.3 is 11.4 Å². The number of benzene rings is 2. The highest BCUT2D eigenvalue weighted by atomic mass is 31.2. The highest BCUT2D eigenvalue weighted by Gasteiger charge is 2.42. The molecule has 2 aliphatic rings. The van der Waals surface area contributed by atoms with Crippen LogP contribution in [-0.2, 0) is 23.0 Å². The summed E-state index contributed by atoms with van der Waals surface area (Å²) in [6.45, 7) is 36.4. The Hall–Kier alpha value is -4.90. The lowest BCUT2D eigenvalue weighted by Crippen LogP contribution is -2.43. The van der Waals surface area contributed by atoms with Crippen molar-refractivity contribution in [1.82, 2.24) is 33.1 Å². The van der Waals surface area contributed by atoms with Crippen LogP contribution in [0.25, 0.3) is 0 Å². The van der Waals surface area contributed by atoms with Crippen molar-refractivity contribution in [2.75, 3.05) is 0 Å². The van der Waals surface area contributed by atoms with Crippen molar-refractivity contribution in [3.8, 4) is 0 Å². The Balaban J connectivity index is 0.000000280. The average molecular weight is 1170 g/mol. The van der Waals surface area contributed by atoms with Gasteiger partial charge in [0.25, 0.3) is 31.0 Å². The number of hydrogen-bond donors (Lipinski definition) is 3. The minimum absolute atomic E-state index is 0.00546. The Bertz CT molecular complexity index is 2870. The number of ether oxygens (including phenoxy) is 2. The van der Waals surface area contributed by atoms with E-state index in [1.807, 2.05) is 54.5 Å². The molecule has 2 aliphatic heterocycles. The molecule has 452 valence electrons. The van der Waals surface area contributed by atoms with E-state index in [0.29, 0.717) is 72.1 Å². The maximum absolute atomic E-state index is 12.5. The van der Waals surface area contributed by atoms with Crippen LogP contribution in [0.5, 0.6) is 0 Å². The zero-order chi connectivity index (χ0) is 60.9. The van der Waals surface area contributed by atoms with Crippen LogP contribution in [-0.4, -0.2) is 109 Å². The molecule has 4 heterocycles. The molecule has 3 unspecified atom stereocenters. The van der Waals surface area contributed by atoms with E-state index in [-0.39, 0.29) is 46.7 Å². The van der Waals surface area contributed by atoms with Gasteiger partial charge in [-0.15, -0.1) is 0 Å². The fourth-order valence-electron chi connectivity index (χ4n) is 10.0. The Kier molecular flexibility index (Phi) is 26.4. The van der Waals surface area contributed by atoms with Crippen LogP contribution in [0, 0.1) is 34.1 Å². The molecule has 0 aliphatic carbocycles. The van der Waals surface area contributed by atoms with Gasteiger partial charge in [-0.2, -0.15) is 0 Å². The molecule has 4 aromatic rings. The van der Waals surface area contributed by atoms with Gasteiger partial charge in [0.1, 0.15) is 12.5 Å². The molecule has 3 N–H and O–H groups in total. The molecule has 2 saturated heterocycles. The summed E-state index contributed by atoms with van der Waals surface area (Å²) >= 11 is 0. The molecular weight excluding hydrogens is 1080 g/mol. The van der Waals surface area contributed by atoms with Crippen molar-refractivity contribution in [1.29, 1.82) is 0 Å². The zero-order valence-corrected chi connectivity index (χ0v) is 52.3. The van der Waals surface area contributed by atoms with E-state index in [9.17, 15) is 44.5 Å². The lowest BCUT2D eigenvalue weighted by Gasteiger charge is -2.46. The molecule has 0 radical (unpaired) electrons. The molecule has 0 spiro atoms. The maximum atomic E-state index is 12.5. The Labute approximate surface area is 478 Å². The molecule has 9 atom stereocenters. The largest absolute Gasteiger partial charge is 0.390 e. The Morgan fingerprint density at radius 3 is 1.35 bits per heavy atom. The third kappa shape index (κ3) is 18.1. The SMILES string of the molecule is CC(OP(N(C(C)C)C(C)C)N(C(C)C)C(C)C)c1ccccc1[N+](=O)[O-].CC[C@H]1O[C@@H](n2cc(C)c(=O)[nH]c2=O)C[C@H]1O.CC[C@H]1O[C@@H](n2cc(C)c(=O)[nH]c2=O)C[C@H]1OP(OC(C)c1ccccc1[N+](=O)[O-])N(C(C)C)C(C)C. The normalized spacial score (nSPS) is 20.5. The number of nitro groups is 2. The lowest BCUT2D eigenvalue weighted by molar-refractivity contribution is -0.386. The number of H-pyrrole nitrogens is 2. The lowest BCUT2D eigenvalue weighted by atomic mass is 10.1. The molecule has 2 aromatic carbocycles. The van der Waals surface area contributed by atoms with E-state index in [0.717, 1.165) is 0 Å². The predicted octanol–water partition coefficient (Wildman–Crippen LogP) is 11.0. The van der Waals surface area contributed by atoms with Crippen molar-refractivity contribution >= 4 is 28.4 Å². The second-order valence-electron chi connectivity index (χ2n) is 22.0. The predicted molar refractivity (Wildman–Crippen MR) is 316 cm³/mol. The number of rotatable bonds is 23. The number of aryl methyl sites for hydroxylation is 2. The third-order valence-electron chi connectivity index (χ3n) is 13.7. The number of aromatic amines is 2. The van der Waals surface area contributed by atoms with Crippen molar-refractivity contribution in [2.45, 2.75) is 236 Å². The highest BCUT2D eigenvalue weighted by molar-refractivity contribution is 7.47. The van der Waals surface area contributed by atoms with E-state index in [1.54, 1.807) is 57.2 Å². The summed E-state index contributed by atoms with van der Waals surface area (Å²) < 4.78 is 41.1. The molecule has 2 aromatic heterocycles. The molecule has 0 amide bonds. The summed E-state index contributed by atoms with van der Waals surface area (Å²) in [6, 6.07) is 14.8. The maximum Gasteiger partial charge on any atom is 0.330 e. The van der Waals surface area contributed by atoms with Gasteiger partial charge in [0, 0.05) is 84.7 Å². The van der Waals surface area contributed by atoms with Crippen molar-refractivity contribution in [2.24, 2.45) is 0 Å². The molecule has 6 rings (SSSR count). The number of nitro benzene ring substituents is 2. The Morgan fingerprint density at radius 1 is 0.605 bits per heavy atom. The summed E-state index contributed by atoms with van der Waals surface area (Å²) in [5.74, 6) is 0. The van der Waals surface area contributed by atoms with Gasteiger partial charge in [-0.25, -0.2) is 23.6 Å². The van der Waals surface area contributed by atoms with Crippen LogP contribution < -0.4 is 22.5 Å². The van der Waals surface area contributed by atoms with E-state index < -0.39 is 75.2 Å². The van der Waals surface area contributed by atoms with E-state index in [4.69, 9.17) is 23.0 Å². The van der Waals surface area contributed by atoms with Gasteiger partial charge in [-0.3, -0.25) is 48.9 Å². The standard InChI is InChI=1S/C25H37N4O7P.C20H36N3O3P.C11H16N2O4/c1-8-21-22(13-23(34-21)27-14-17(6)24(30)26-25(27)31)36-37(28(15(2)3)16(4)5)35-18(7)19-11-9-10-12-20(19)29(32)33;1-14(2)21(15(3)4)27(22(16(5)6)17(7)8)26-18(9)19-12-10-11-13-20(19)23(24)25;1-3-8-7(14)4-9(17-8)13-5-6(2)10(15)12-11(13)16/h9-12,14-16,18,21-23H,8,13H2,1-7H3,(H,26,30,31);10-18H,1-9H3;5,7-9,14H,3-4H2,1-2H3,(H,12,15,16)/t18?,21-,22-,23-,37?;;7-,8-,9-/m1.1/s1. The first-order valence-electron chi connectivity index (χ1n) is 28.0. The molecular formula is C56H89N9O14P2. The number of aromatic nitrogens is 4. The van der Waals surface area contributed by atoms with Crippen molar-refractivity contribution in [3.63, 3.8) is 0 Å². The van der Waals surface area contributed by atoms with Crippen molar-refractivity contribution in [3.05, 3.63) is 145 Å². The topological polar surface area (TPSA) is 272 Å². The molecule has 0 bridgehead atoms. The summed E-state index contributed by atoms with van der Waals surface area (Å²) in [5.41, 5.74) is 0.198. The molecule has 81 heavy (non-hydrogen) atoms. The van der Waals surface area contributed by atoms with Crippen LogP contribution in [0.1, 0.15) is 183 Å². The van der Waals surface area contributed by atoms with Gasteiger partial charge in [-0.1, -0.05) is 38.1 Å². The van der Waals surface area contributed by atoms with E-state index in [2.05, 4.69) is 79.4 Å². The first-order chi connectivity index (χ1) is 37.9. The zero-order valence-electron chi connectivity index (χ0n) is 50.5. The van der Waals surface area contributed by atoms with Gasteiger partial charge in [0.15, 0.2) is 8.45 Å². The summed E-state index contributed by atoms with van der Waals surface area (Å²) in [7, 11) is -2.76. The third-order valence-corrected chi connectivity index (χ3v) is 19.1. The molecule has 0 saturated carbocycles. The second kappa shape index (κ2) is 31.1. The summed E-state index contributed by atoms with van der Waals surface area (Å²) in [6.07, 6.45) is 1.46. The summed E-state index contributed by atoms with van der Waals surface area (Å²) in [5, 5.41) is 32.8. The molecule has 2 fully saturated rings. The van der Waals surface area contributed by atoms with E-state index >= 15 is 0 Å². The second-order valence-corrected chi connectivity index (χ2v) is 25.0. The first kappa shape index (κ1) is 68.6. The number of nitrogens with zero attached hydrogens (tertiary/aromatic N) is 7. The van der Waals surface area contributed by atoms with Crippen LogP contribution >= 0.6 is 17.0 Å². The van der Waals surface area contributed by atoms with Crippen LogP contribution in [0.2, 0.25) is 0 Å². The average Bonchev–Trinajstić information content (AvgIpc) is 4.02. The van der Waals surface area contributed by atoms with Gasteiger partial charge < -0.3 is 28.2 Å². The minimum atomic E-state index is -1.66. The van der Waals surface area contributed by atoms with Crippen LogP contribution in [0.4, 0.5) is 11.4 Å². The molecule has 25 heteroatoms. The quantitative estimate of drug-likeness (QED) is 0.0354. The van der Waals surface area contributed by atoms with Crippen LogP contribution in [0.15, 0.2) is 80.1 Å². The van der Waals surface area contributed by atoms with Gasteiger partial charge in [-0.05, 0) is 136 Å². The number of aliphatic hydroxyl groups is 1. The van der Waals surface area contributed by atoms with Crippen molar-refractivity contribution < 1.29 is 38.0 Å². The Morgan fingerprint density at radius 2 is 0.975 bits per heavy atom. The number of para-hydroxylation sites is 2. The van der Waals surface area contributed by atoms with E-state index in [1.165, 1.54) is 27.6 Å². The summed E-state index contributed by atoms with van der Waals surface area (Å²) in [4.78, 5) is 74.0. The highest BCUT2D eigenvalue weighted by Crippen LogP contribution is 2.55. The fraction of sp³-hybridized carbons (Fsp3) is 0.643. The first-order valence-corrected chi connectivity index (χ1v) is 30.3. The molecule has 23 nitrogen and oxygen atoms in total. The number of aliphatic hydroxyl groups excluding tert-OH is 1.